The molecule has 2 rings (SSSR count). The molecule has 0 saturated carbocycles. The van der Waals surface area contributed by atoms with Crippen molar-refractivity contribution < 1.29 is 0 Å². The molecule has 3 heteroatoms. The fourth-order valence-corrected chi connectivity index (χ4v) is 3.49. The van der Waals surface area contributed by atoms with Crippen molar-refractivity contribution in [3.8, 4) is 0 Å². The molecular weight excluding hydrogens is 180 g/mol. The second kappa shape index (κ2) is 4.67. The van der Waals surface area contributed by atoms with Crippen LogP contribution in [0.1, 0.15) is 19.8 Å². The highest BCUT2D eigenvalue weighted by Gasteiger charge is 2.24. The topological polar surface area (TPSA) is 15.3 Å². The Kier molecular flexibility index (Phi) is 3.52. The van der Waals surface area contributed by atoms with Gasteiger partial charge in [0, 0.05) is 37.5 Å². The molecule has 2 saturated heterocycles. The van der Waals surface area contributed by atoms with E-state index in [2.05, 4.69) is 28.9 Å². The van der Waals surface area contributed by atoms with Gasteiger partial charge in [-0.1, -0.05) is 0 Å². The highest BCUT2D eigenvalue weighted by molar-refractivity contribution is 7.99. The monoisotopic (exact) mass is 200 g/mol. The van der Waals surface area contributed by atoms with Gasteiger partial charge in [-0.25, -0.2) is 0 Å². The summed E-state index contributed by atoms with van der Waals surface area (Å²) >= 11 is 2.14. The molecule has 2 fully saturated rings. The van der Waals surface area contributed by atoms with Crippen LogP contribution in [0.5, 0.6) is 0 Å². The lowest BCUT2D eigenvalue weighted by Gasteiger charge is -2.39. The lowest BCUT2D eigenvalue weighted by Crippen LogP contribution is -2.53. The molecule has 13 heavy (non-hydrogen) atoms. The fourth-order valence-electron chi connectivity index (χ4n) is 2.31. The Labute approximate surface area is 85.4 Å². The Balaban J connectivity index is 1.83. The molecule has 0 aromatic heterocycles. The first-order valence-corrected chi connectivity index (χ1v) is 6.57. The van der Waals surface area contributed by atoms with Gasteiger partial charge in [-0.3, -0.25) is 4.90 Å². The number of nitrogens with zero attached hydrogens (tertiary/aromatic N) is 1. The Bertz CT molecular complexity index is 157. The third-order valence-electron chi connectivity index (χ3n) is 3.05. The molecule has 2 nitrogen and oxygen atoms in total. The van der Waals surface area contributed by atoms with E-state index < -0.39 is 0 Å². The molecule has 0 aromatic carbocycles. The smallest absolute Gasteiger partial charge is 0.0187 e. The summed E-state index contributed by atoms with van der Waals surface area (Å²) < 4.78 is 0. The van der Waals surface area contributed by atoms with Crippen LogP contribution < -0.4 is 5.32 Å². The van der Waals surface area contributed by atoms with Gasteiger partial charge in [-0.05, 0) is 25.5 Å². The molecule has 0 aromatic rings. The maximum Gasteiger partial charge on any atom is 0.0187 e. The van der Waals surface area contributed by atoms with Gasteiger partial charge in [0.05, 0.1) is 0 Å². The minimum Gasteiger partial charge on any atom is -0.312 e. The predicted molar refractivity (Wildman–Crippen MR) is 59.4 cm³/mol. The van der Waals surface area contributed by atoms with Crippen LogP contribution in [0.4, 0.5) is 0 Å². The summed E-state index contributed by atoms with van der Waals surface area (Å²) in [6, 6.07) is 1.57. The Morgan fingerprint density at radius 2 is 2.38 bits per heavy atom. The van der Waals surface area contributed by atoms with Gasteiger partial charge in [0.2, 0.25) is 0 Å². The molecule has 0 bridgehead atoms. The van der Waals surface area contributed by atoms with Crippen molar-refractivity contribution in [2.45, 2.75) is 31.8 Å². The summed E-state index contributed by atoms with van der Waals surface area (Å²) in [5.41, 5.74) is 0. The van der Waals surface area contributed by atoms with Crippen molar-refractivity contribution in [2.24, 2.45) is 0 Å². The highest BCUT2D eigenvalue weighted by atomic mass is 32.2. The molecule has 0 unspecified atom stereocenters. The van der Waals surface area contributed by atoms with Gasteiger partial charge < -0.3 is 5.32 Å². The van der Waals surface area contributed by atoms with Gasteiger partial charge in [0.25, 0.3) is 0 Å². The third kappa shape index (κ3) is 2.61. The number of thioether (sulfide) groups is 1. The zero-order valence-corrected chi connectivity index (χ0v) is 9.28. The lowest BCUT2D eigenvalue weighted by atomic mass is 10.1. The normalized spacial score (nSPS) is 37.6. The second-order valence-electron chi connectivity index (χ2n) is 4.22. The molecule has 2 heterocycles. The van der Waals surface area contributed by atoms with Crippen molar-refractivity contribution in [1.29, 1.82) is 0 Å². The van der Waals surface area contributed by atoms with Crippen LogP contribution in [0.25, 0.3) is 0 Å². The van der Waals surface area contributed by atoms with Crippen LogP contribution in [0, 0.1) is 0 Å². The first-order chi connectivity index (χ1) is 6.36. The number of hydrogen-bond donors (Lipinski definition) is 1. The molecule has 2 atom stereocenters. The highest BCUT2D eigenvalue weighted by Crippen LogP contribution is 2.22. The van der Waals surface area contributed by atoms with Crippen molar-refractivity contribution in [1.82, 2.24) is 10.2 Å². The third-order valence-corrected chi connectivity index (χ3v) is 4.25. The summed E-state index contributed by atoms with van der Waals surface area (Å²) in [5.74, 6) is 2.75. The van der Waals surface area contributed by atoms with Crippen molar-refractivity contribution in [3.63, 3.8) is 0 Å². The van der Waals surface area contributed by atoms with E-state index >= 15 is 0 Å². The predicted octanol–water partition coefficient (Wildman–Crippen LogP) is 1.18. The van der Waals surface area contributed by atoms with Crippen molar-refractivity contribution in [3.05, 3.63) is 0 Å². The van der Waals surface area contributed by atoms with E-state index in [1.807, 2.05) is 0 Å². The lowest BCUT2D eigenvalue weighted by molar-refractivity contribution is 0.152. The van der Waals surface area contributed by atoms with Gasteiger partial charge in [-0.2, -0.15) is 11.8 Å². The van der Waals surface area contributed by atoms with E-state index in [-0.39, 0.29) is 0 Å². The molecule has 0 amide bonds. The summed E-state index contributed by atoms with van der Waals surface area (Å²) in [4.78, 5) is 2.69. The largest absolute Gasteiger partial charge is 0.312 e. The standard InChI is InChI=1S/C10H20N2S/c1-9-7-12(5-4-11-9)10-3-2-6-13-8-10/h9-11H,2-8H2,1H3/t9-,10-/m1/s1. The Morgan fingerprint density at radius 1 is 1.46 bits per heavy atom. The Morgan fingerprint density at radius 3 is 3.08 bits per heavy atom. The summed E-state index contributed by atoms with van der Waals surface area (Å²) in [7, 11) is 0. The second-order valence-corrected chi connectivity index (χ2v) is 5.37. The minimum absolute atomic E-state index is 0.695. The number of nitrogens with one attached hydrogen (secondary N) is 1. The maximum absolute atomic E-state index is 3.50. The Hall–Kier alpha value is 0.270. The molecule has 0 aliphatic carbocycles. The average molecular weight is 200 g/mol. The van der Waals surface area contributed by atoms with Gasteiger partial charge >= 0.3 is 0 Å². The molecule has 1 N–H and O–H groups in total. The van der Waals surface area contributed by atoms with Gasteiger partial charge in [0.1, 0.15) is 0 Å². The van der Waals surface area contributed by atoms with E-state index in [4.69, 9.17) is 0 Å². The average Bonchev–Trinajstić information content (AvgIpc) is 2.19. The number of hydrogen-bond acceptors (Lipinski definition) is 3. The molecule has 0 spiro atoms. The molecule has 0 radical (unpaired) electrons. The van der Waals surface area contributed by atoms with Gasteiger partial charge in [-0.15, -0.1) is 0 Å². The minimum atomic E-state index is 0.695. The van der Waals surface area contributed by atoms with Crippen LogP contribution >= 0.6 is 11.8 Å². The molecular formula is C10H20N2S. The van der Waals surface area contributed by atoms with E-state index in [1.54, 1.807) is 0 Å². The summed E-state index contributed by atoms with van der Waals surface area (Å²) in [5, 5.41) is 3.50. The van der Waals surface area contributed by atoms with Crippen molar-refractivity contribution >= 4 is 11.8 Å². The van der Waals surface area contributed by atoms with Crippen LogP contribution in [-0.2, 0) is 0 Å². The van der Waals surface area contributed by atoms with E-state index in [0.717, 1.165) is 6.04 Å². The van der Waals surface area contributed by atoms with Gasteiger partial charge in [0.15, 0.2) is 0 Å². The summed E-state index contributed by atoms with van der Waals surface area (Å²) in [6.07, 6.45) is 2.85. The number of rotatable bonds is 1. The van der Waals surface area contributed by atoms with Crippen LogP contribution in [0.3, 0.4) is 0 Å². The van der Waals surface area contributed by atoms with Crippen LogP contribution in [0.15, 0.2) is 0 Å². The summed E-state index contributed by atoms with van der Waals surface area (Å²) in [6.45, 7) is 5.99. The first kappa shape index (κ1) is 9.81. The molecule has 2 aliphatic rings. The SMILES string of the molecule is C[C@@H]1CN([C@@H]2CCCSC2)CCN1. The van der Waals surface area contributed by atoms with E-state index in [0.29, 0.717) is 6.04 Å². The van der Waals surface area contributed by atoms with Crippen molar-refractivity contribution in [2.75, 3.05) is 31.1 Å². The van der Waals surface area contributed by atoms with Crippen LogP contribution in [0.2, 0.25) is 0 Å². The quantitative estimate of drug-likeness (QED) is 0.684. The number of piperazine rings is 1. The zero-order chi connectivity index (χ0) is 9.10. The van der Waals surface area contributed by atoms with Crippen LogP contribution in [-0.4, -0.2) is 48.1 Å². The van der Waals surface area contributed by atoms with E-state index in [9.17, 15) is 0 Å². The molecule has 2 aliphatic heterocycles. The fraction of sp³-hybridized carbons (Fsp3) is 1.00. The first-order valence-electron chi connectivity index (χ1n) is 5.41. The molecule has 76 valence electrons. The van der Waals surface area contributed by atoms with E-state index in [1.165, 1.54) is 44.0 Å². The zero-order valence-electron chi connectivity index (χ0n) is 8.46. The maximum atomic E-state index is 3.50.